The number of halogens is 2. The Morgan fingerprint density at radius 1 is 0.826 bits per heavy atom. The Labute approximate surface area is 278 Å². The molecule has 16 heteroatoms. The second-order valence-electron chi connectivity index (χ2n) is 11.1. The van der Waals surface area contributed by atoms with Crippen LogP contribution < -0.4 is 24.3 Å². The number of benzene rings is 2. The monoisotopic (exact) mass is 688 g/mol. The highest BCUT2D eigenvalue weighted by Crippen LogP contribution is 2.34. The van der Waals surface area contributed by atoms with Crippen LogP contribution in [0.15, 0.2) is 36.4 Å². The molecule has 2 aliphatic heterocycles. The van der Waals surface area contributed by atoms with Crippen molar-refractivity contribution in [2.45, 2.75) is 64.3 Å². The number of nitrogens with zero attached hydrogens (tertiary/aromatic N) is 3. The lowest BCUT2D eigenvalue weighted by atomic mass is 10.1. The lowest BCUT2D eigenvalue weighted by Gasteiger charge is -2.33. The van der Waals surface area contributed by atoms with Gasteiger partial charge in [-0.05, 0) is 58.8 Å². The van der Waals surface area contributed by atoms with Crippen LogP contribution in [0.5, 0.6) is 23.0 Å². The number of rotatable bonds is 8. The highest BCUT2D eigenvalue weighted by atomic mass is 35.5. The quantitative estimate of drug-likeness (QED) is 0.182. The molecule has 256 valence electrons. The molecule has 2 aromatic rings. The number of hydrogen-bond acceptors (Lipinski definition) is 11. The van der Waals surface area contributed by atoms with E-state index in [1.54, 1.807) is 11.0 Å². The first-order valence-electron chi connectivity index (χ1n) is 14.6. The standard InChI is InChI=1S/C17H24N2O6.C12H16N2O4.CH2Cl2/c1-17(2,3)25-16(20)18-9-7-13(8-10-18)24-14-6-5-12(19(21)22)11-15(14)23-4;1-17-12-8-9(14(15)16)2-3-11(12)18-10-4-6-13-7-5-10;2-1-3/h5-6,11,13H,7-10H2,1-4H3;2-3,8,10,13H,4-7H2,1H3;1H2. The van der Waals surface area contributed by atoms with Crippen LogP contribution in [0, 0.1) is 20.2 Å². The molecule has 4 rings (SSSR count). The first-order valence-corrected chi connectivity index (χ1v) is 15.7. The summed E-state index contributed by atoms with van der Waals surface area (Å²) in [5, 5.41) is 24.9. The van der Waals surface area contributed by atoms with E-state index in [-0.39, 0.29) is 35.0 Å². The van der Waals surface area contributed by atoms with Crippen molar-refractivity contribution in [3.8, 4) is 23.0 Å². The SMILES string of the molecule is COc1cc([N+](=O)[O-])ccc1OC1CCN(C(=O)OC(C)(C)C)CC1.COc1cc([N+](=O)[O-])ccc1OC1CCNCC1.ClCCl. The van der Waals surface area contributed by atoms with Crippen LogP contribution in [0.2, 0.25) is 0 Å². The summed E-state index contributed by atoms with van der Waals surface area (Å²) < 4.78 is 27.4. The Kier molecular flexibility index (Phi) is 15.9. The maximum absolute atomic E-state index is 12.1. The van der Waals surface area contributed by atoms with Gasteiger partial charge in [0.15, 0.2) is 23.0 Å². The summed E-state index contributed by atoms with van der Waals surface area (Å²) >= 11 is 9.53. The summed E-state index contributed by atoms with van der Waals surface area (Å²) in [7, 11) is 2.92. The van der Waals surface area contributed by atoms with Crippen molar-refractivity contribution >= 4 is 40.7 Å². The Morgan fingerprint density at radius 2 is 1.24 bits per heavy atom. The molecule has 2 heterocycles. The Morgan fingerprint density at radius 3 is 1.61 bits per heavy atom. The molecule has 0 atom stereocenters. The van der Waals surface area contributed by atoms with Crippen molar-refractivity contribution in [1.29, 1.82) is 0 Å². The van der Waals surface area contributed by atoms with Crippen LogP contribution in [0.3, 0.4) is 0 Å². The number of nitro groups is 2. The molecule has 0 unspecified atom stereocenters. The molecule has 2 aliphatic rings. The van der Waals surface area contributed by atoms with E-state index in [1.807, 2.05) is 20.8 Å². The van der Waals surface area contributed by atoms with Gasteiger partial charge in [-0.25, -0.2) is 4.79 Å². The van der Waals surface area contributed by atoms with Gasteiger partial charge in [-0.1, -0.05) is 0 Å². The molecule has 2 aromatic carbocycles. The molecule has 0 aliphatic carbocycles. The summed E-state index contributed by atoms with van der Waals surface area (Å²) in [6.07, 6.45) is 2.90. The molecule has 46 heavy (non-hydrogen) atoms. The molecule has 2 saturated heterocycles. The van der Waals surface area contributed by atoms with Gasteiger partial charge in [0.1, 0.15) is 17.8 Å². The fourth-order valence-corrected chi connectivity index (χ4v) is 4.49. The minimum atomic E-state index is -0.517. The van der Waals surface area contributed by atoms with Crippen LogP contribution in [-0.2, 0) is 4.74 Å². The van der Waals surface area contributed by atoms with Gasteiger partial charge in [0, 0.05) is 38.1 Å². The van der Waals surface area contributed by atoms with E-state index >= 15 is 0 Å². The third kappa shape index (κ3) is 12.9. The third-order valence-electron chi connectivity index (χ3n) is 6.68. The Bertz CT molecular complexity index is 1280. The number of likely N-dealkylation sites (tertiary alicyclic amines) is 1. The fraction of sp³-hybridized carbons (Fsp3) is 0.567. The van der Waals surface area contributed by atoms with E-state index in [0.717, 1.165) is 25.9 Å². The summed E-state index contributed by atoms with van der Waals surface area (Å²) in [6.45, 7) is 8.44. The number of ether oxygens (including phenoxy) is 5. The Balaban J connectivity index is 0.000000308. The number of carbonyl (C=O) groups excluding carboxylic acids is 1. The van der Waals surface area contributed by atoms with E-state index in [0.29, 0.717) is 48.9 Å². The number of nitro benzene ring substituents is 2. The highest BCUT2D eigenvalue weighted by molar-refractivity contribution is 6.40. The number of methoxy groups -OCH3 is 2. The number of alkyl halides is 2. The summed E-state index contributed by atoms with van der Waals surface area (Å²) in [5.74, 6) is 1.75. The molecule has 0 radical (unpaired) electrons. The number of non-ortho nitro benzene ring substituents is 2. The molecule has 0 spiro atoms. The number of piperidine rings is 2. The third-order valence-corrected chi connectivity index (χ3v) is 6.68. The average Bonchev–Trinajstić information content (AvgIpc) is 3.02. The van der Waals surface area contributed by atoms with Gasteiger partial charge < -0.3 is 33.9 Å². The number of nitrogens with one attached hydrogen (secondary N) is 1. The van der Waals surface area contributed by atoms with Gasteiger partial charge in [0.25, 0.3) is 11.4 Å². The predicted octanol–water partition coefficient (Wildman–Crippen LogP) is 6.54. The zero-order valence-electron chi connectivity index (χ0n) is 26.7. The molecule has 2 fully saturated rings. The lowest BCUT2D eigenvalue weighted by molar-refractivity contribution is -0.385. The van der Waals surface area contributed by atoms with Crippen molar-refractivity contribution in [2.24, 2.45) is 0 Å². The van der Waals surface area contributed by atoms with Crippen molar-refractivity contribution in [3.63, 3.8) is 0 Å². The van der Waals surface area contributed by atoms with Crippen molar-refractivity contribution in [1.82, 2.24) is 10.2 Å². The number of amides is 1. The van der Waals surface area contributed by atoms with Crippen LogP contribution in [0.1, 0.15) is 46.5 Å². The molecule has 0 bridgehead atoms. The summed E-state index contributed by atoms with van der Waals surface area (Å²) in [6, 6.07) is 8.67. The molecular weight excluding hydrogens is 647 g/mol. The zero-order valence-corrected chi connectivity index (χ0v) is 28.2. The summed E-state index contributed by atoms with van der Waals surface area (Å²) in [5.41, 5.74) is -0.565. The van der Waals surface area contributed by atoms with E-state index in [4.69, 9.17) is 46.9 Å². The number of carbonyl (C=O) groups is 1. The predicted molar refractivity (Wildman–Crippen MR) is 174 cm³/mol. The first-order chi connectivity index (χ1) is 21.8. The van der Waals surface area contributed by atoms with Crippen molar-refractivity contribution in [2.75, 3.05) is 45.7 Å². The lowest BCUT2D eigenvalue weighted by Crippen LogP contribution is -2.44. The number of hydrogen-bond donors (Lipinski definition) is 1. The van der Waals surface area contributed by atoms with Gasteiger partial charge in [-0.2, -0.15) is 0 Å². The normalized spacial score (nSPS) is 15.2. The van der Waals surface area contributed by atoms with Gasteiger partial charge in [0.2, 0.25) is 0 Å². The van der Waals surface area contributed by atoms with Gasteiger partial charge in [0.05, 0.1) is 41.5 Å². The summed E-state index contributed by atoms with van der Waals surface area (Å²) in [4.78, 5) is 34.3. The van der Waals surface area contributed by atoms with E-state index in [9.17, 15) is 25.0 Å². The van der Waals surface area contributed by atoms with Gasteiger partial charge in [-0.3, -0.25) is 20.2 Å². The van der Waals surface area contributed by atoms with Crippen LogP contribution in [0.25, 0.3) is 0 Å². The highest BCUT2D eigenvalue weighted by Gasteiger charge is 2.28. The smallest absolute Gasteiger partial charge is 0.410 e. The van der Waals surface area contributed by atoms with Crippen molar-refractivity contribution < 1.29 is 38.3 Å². The molecular formula is C30H42Cl2N4O10. The first kappa shape index (κ1) is 38.4. The van der Waals surface area contributed by atoms with Gasteiger partial charge in [-0.15, -0.1) is 23.2 Å². The second kappa shape index (κ2) is 19.0. The molecule has 14 nitrogen and oxygen atoms in total. The largest absolute Gasteiger partial charge is 0.493 e. The van der Waals surface area contributed by atoms with Crippen LogP contribution in [0.4, 0.5) is 16.2 Å². The van der Waals surface area contributed by atoms with E-state index in [2.05, 4.69) is 5.32 Å². The maximum atomic E-state index is 12.1. The second-order valence-corrected chi connectivity index (χ2v) is 11.9. The average molecular weight is 690 g/mol. The van der Waals surface area contributed by atoms with E-state index in [1.165, 1.54) is 44.6 Å². The fourth-order valence-electron chi connectivity index (χ4n) is 4.49. The van der Waals surface area contributed by atoms with Crippen molar-refractivity contribution in [3.05, 3.63) is 56.6 Å². The van der Waals surface area contributed by atoms with E-state index < -0.39 is 15.4 Å². The minimum absolute atomic E-state index is 0.00418. The maximum Gasteiger partial charge on any atom is 0.410 e. The van der Waals surface area contributed by atoms with Crippen LogP contribution in [-0.4, -0.2) is 84.4 Å². The minimum Gasteiger partial charge on any atom is -0.493 e. The molecule has 1 N–H and O–H groups in total. The molecule has 0 aromatic heterocycles. The van der Waals surface area contributed by atoms with Gasteiger partial charge >= 0.3 is 6.09 Å². The topological polar surface area (TPSA) is 165 Å². The molecule has 1 amide bonds. The Hall–Kier alpha value is -3.75. The zero-order chi connectivity index (χ0) is 34.3. The van der Waals surface area contributed by atoms with Crippen LogP contribution >= 0.6 is 23.2 Å². The molecule has 0 saturated carbocycles.